The Bertz CT molecular complexity index is 731. The number of hydrogen-bond donors (Lipinski definition) is 0. The van der Waals surface area contributed by atoms with E-state index >= 15 is 0 Å². The van der Waals surface area contributed by atoms with Crippen molar-refractivity contribution in [3.8, 4) is 5.75 Å². The van der Waals surface area contributed by atoms with Crippen LogP contribution in [0, 0.1) is 6.92 Å². The van der Waals surface area contributed by atoms with E-state index in [9.17, 15) is 9.59 Å². The van der Waals surface area contributed by atoms with Crippen LogP contribution in [0.15, 0.2) is 42.7 Å². The molecule has 1 aliphatic heterocycles. The van der Waals surface area contributed by atoms with Crippen molar-refractivity contribution in [2.45, 2.75) is 25.8 Å². The summed E-state index contributed by atoms with van der Waals surface area (Å²) in [6, 6.07) is 9.01. The van der Waals surface area contributed by atoms with Gasteiger partial charge in [-0.15, -0.1) is 0 Å². The molecule has 1 aromatic heterocycles. The largest absolute Gasteiger partial charge is 0.491 e. The highest BCUT2D eigenvalue weighted by Gasteiger charge is 2.30. The fraction of sp³-hybridized carbons (Fsp3) is 0.316. The zero-order valence-corrected chi connectivity index (χ0v) is 13.6. The molecule has 1 atom stereocenters. The van der Waals surface area contributed by atoms with Gasteiger partial charge in [0.2, 0.25) is 0 Å². The first-order valence-corrected chi connectivity index (χ1v) is 8.09. The number of nitrogens with zero attached hydrogens (tertiary/aromatic N) is 2. The first-order chi connectivity index (χ1) is 11.7. The third kappa shape index (κ3) is 3.30. The molecule has 2 aromatic rings. The van der Waals surface area contributed by atoms with Crippen molar-refractivity contribution in [3.63, 3.8) is 0 Å². The van der Waals surface area contributed by atoms with Crippen molar-refractivity contribution >= 4 is 12.2 Å². The summed E-state index contributed by atoms with van der Waals surface area (Å²) in [5.74, 6) is 0.580. The van der Waals surface area contributed by atoms with Crippen LogP contribution in [-0.4, -0.2) is 41.3 Å². The predicted molar refractivity (Wildman–Crippen MR) is 90.4 cm³/mol. The second-order valence-corrected chi connectivity index (χ2v) is 5.95. The van der Waals surface area contributed by atoms with E-state index in [0.717, 1.165) is 31.2 Å². The molecule has 1 fully saturated rings. The molecule has 1 amide bonds. The van der Waals surface area contributed by atoms with E-state index in [2.05, 4.69) is 4.98 Å². The Morgan fingerprint density at radius 1 is 1.33 bits per heavy atom. The van der Waals surface area contributed by atoms with Crippen LogP contribution in [-0.2, 0) is 0 Å². The topological polar surface area (TPSA) is 59.5 Å². The summed E-state index contributed by atoms with van der Waals surface area (Å²) < 4.78 is 5.87. The van der Waals surface area contributed by atoms with Crippen LogP contribution in [0.5, 0.6) is 5.75 Å². The lowest BCUT2D eigenvalue weighted by Gasteiger charge is -2.25. The van der Waals surface area contributed by atoms with Crippen LogP contribution in [0.4, 0.5) is 0 Å². The summed E-state index contributed by atoms with van der Waals surface area (Å²) in [4.78, 5) is 29.7. The summed E-state index contributed by atoms with van der Waals surface area (Å²) in [7, 11) is 0. The minimum absolute atomic E-state index is 0.00310. The minimum atomic E-state index is 0.00310. The van der Waals surface area contributed by atoms with Gasteiger partial charge in [0.05, 0.1) is 11.6 Å². The number of amides is 1. The average molecular weight is 324 g/mol. The maximum Gasteiger partial charge on any atom is 0.254 e. The van der Waals surface area contributed by atoms with Gasteiger partial charge in [-0.1, -0.05) is 12.1 Å². The van der Waals surface area contributed by atoms with Crippen LogP contribution in [0.1, 0.15) is 39.1 Å². The van der Waals surface area contributed by atoms with Crippen molar-refractivity contribution in [3.05, 3.63) is 59.4 Å². The maximum atomic E-state index is 12.6. The number of ether oxygens (including phenoxy) is 1. The summed E-state index contributed by atoms with van der Waals surface area (Å²) in [6.07, 6.45) is 5.92. The van der Waals surface area contributed by atoms with Crippen molar-refractivity contribution in [2.24, 2.45) is 0 Å². The molecule has 124 valence electrons. The van der Waals surface area contributed by atoms with E-state index in [-0.39, 0.29) is 11.9 Å². The fourth-order valence-electron chi connectivity index (χ4n) is 3.05. The molecule has 0 spiro atoms. The number of pyridine rings is 1. The molecule has 5 nitrogen and oxygen atoms in total. The molecule has 2 heterocycles. The molecule has 5 heteroatoms. The monoisotopic (exact) mass is 324 g/mol. The molecule has 1 aromatic carbocycles. The third-order valence-electron chi connectivity index (χ3n) is 4.40. The van der Waals surface area contributed by atoms with Crippen molar-refractivity contribution in [1.29, 1.82) is 0 Å². The molecule has 1 saturated heterocycles. The number of likely N-dealkylation sites (tertiary alicyclic amines) is 1. The lowest BCUT2D eigenvalue weighted by atomic mass is 10.1. The lowest BCUT2D eigenvalue weighted by molar-refractivity contribution is 0.0690. The van der Waals surface area contributed by atoms with Crippen LogP contribution < -0.4 is 4.74 Å². The highest BCUT2D eigenvalue weighted by atomic mass is 16.5. The summed E-state index contributed by atoms with van der Waals surface area (Å²) in [6.45, 7) is 3.00. The van der Waals surface area contributed by atoms with E-state index < -0.39 is 0 Å². The Kier molecular flexibility index (Phi) is 4.89. The standard InChI is InChI=1S/C19H20N2O3/c1-14-4-2-6-18(17(14)12-22)24-13-16-5-3-11-21(16)19(23)15-7-9-20-10-8-15/h2,4,6-10,12,16H,3,5,11,13H2,1H3/t16-/m0/s1. The lowest BCUT2D eigenvalue weighted by Crippen LogP contribution is -2.39. The minimum Gasteiger partial charge on any atom is -0.491 e. The van der Waals surface area contributed by atoms with E-state index in [0.29, 0.717) is 23.5 Å². The number of aryl methyl sites for hydroxylation is 1. The molecule has 0 aliphatic carbocycles. The Morgan fingerprint density at radius 2 is 2.12 bits per heavy atom. The van der Waals surface area contributed by atoms with Crippen molar-refractivity contribution in [1.82, 2.24) is 9.88 Å². The molecular weight excluding hydrogens is 304 g/mol. The van der Waals surface area contributed by atoms with Crippen LogP contribution in [0.3, 0.4) is 0 Å². The molecule has 0 unspecified atom stereocenters. The molecule has 0 radical (unpaired) electrons. The van der Waals surface area contributed by atoms with Gasteiger partial charge in [0.1, 0.15) is 12.4 Å². The SMILES string of the molecule is Cc1cccc(OC[C@@H]2CCCN2C(=O)c2ccncc2)c1C=O. The van der Waals surface area contributed by atoms with Crippen molar-refractivity contribution < 1.29 is 14.3 Å². The Morgan fingerprint density at radius 3 is 2.88 bits per heavy atom. The number of rotatable bonds is 5. The highest BCUT2D eigenvalue weighted by Crippen LogP contribution is 2.24. The highest BCUT2D eigenvalue weighted by molar-refractivity contribution is 5.94. The maximum absolute atomic E-state index is 12.6. The van der Waals surface area contributed by atoms with Crippen LogP contribution >= 0.6 is 0 Å². The zero-order valence-electron chi connectivity index (χ0n) is 13.6. The number of benzene rings is 1. The van der Waals surface area contributed by atoms with Crippen LogP contribution in [0.2, 0.25) is 0 Å². The molecular formula is C19H20N2O3. The van der Waals surface area contributed by atoms with Gasteiger partial charge in [-0.3, -0.25) is 14.6 Å². The molecule has 0 bridgehead atoms. The van der Waals surface area contributed by atoms with E-state index in [4.69, 9.17) is 4.74 Å². The van der Waals surface area contributed by atoms with Gasteiger partial charge >= 0.3 is 0 Å². The van der Waals surface area contributed by atoms with Gasteiger partial charge in [0.25, 0.3) is 5.91 Å². The number of aldehydes is 1. The molecule has 24 heavy (non-hydrogen) atoms. The molecule has 1 aliphatic rings. The summed E-state index contributed by atoms with van der Waals surface area (Å²) >= 11 is 0. The number of aromatic nitrogens is 1. The number of hydrogen-bond acceptors (Lipinski definition) is 4. The molecule has 0 N–H and O–H groups in total. The Balaban J connectivity index is 1.70. The van der Waals surface area contributed by atoms with Gasteiger partial charge in [-0.05, 0) is 43.5 Å². The molecule has 3 rings (SSSR count). The van der Waals surface area contributed by atoms with E-state index in [1.807, 2.05) is 24.0 Å². The third-order valence-corrected chi connectivity index (χ3v) is 4.40. The van der Waals surface area contributed by atoms with Gasteiger partial charge in [0.15, 0.2) is 6.29 Å². The Labute approximate surface area is 141 Å². The van der Waals surface area contributed by atoms with Gasteiger partial charge < -0.3 is 9.64 Å². The average Bonchev–Trinajstić information content (AvgIpc) is 3.08. The quantitative estimate of drug-likeness (QED) is 0.794. The van der Waals surface area contributed by atoms with E-state index in [1.54, 1.807) is 30.6 Å². The summed E-state index contributed by atoms with van der Waals surface area (Å²) in [5.41, 5.74) is 2.10. The van der Waals surface area contributed by atoms with Gasteiger partial charge in [-0.2, -0.15) is 0 Å². The fourth-order valence-corrected chi connectivity index (χ4v) is 3.05. The van der Waals surface area contributed by atoms with Gasteiger partial charge in [0, 0.05) is 24.5 Å². The zero-order chi connectivity index (χ0) is 16.9. The first kappa shape index (κ1) is 16.2. The van der Waals surface area contributed by atoms with Gasteiger partial charge in [-0.25, -0.2) is 0 Å². The number of carbonyl (C=O) groups excluding carboxylic acids is 2. The first-order valence-electron chi connectivity index (χ1n) is 8.09. The predicted octanol–water partition coefficient (Wildman–Crippen LogP) is 2.89. The smallest absolute Gasteiger partial charge is 0.254 e. The second kappa shape index (κ2) is 7.25. The molecule has 0 saturated carbocycles. The van der Waals surface area contributed by atoms with Crippen LogP contribution in [0.25, 0.3) is 0 Å². The number of carbonyl (C=O) groups is 2. The van der Waals surface area contributed by atoms with Crippen molar-refractivity contribution in [2.75, 3.05) is 13.2 Å². The summed E-state index contributed by atoms with van der Waals surface area (Å²) in [5, 5.41) is 0. The second-order valence-electron chi connectivity index (χ2n) is 5.95. The van der Waals surface area contributed by atoms with E-state index in [1.165, 1.54) is 0 Å². The Hall–Kier alpha value is -2.69. The normalized spacial score (nSPS) is 16.9.